The smallest absolute Gasteiger partial charge is 0.175 e. The first-order chi connectivity index (χ1) is 9.72. The van der Waals surface area contributed by atoms with Crippen molar-refractivity contribution in [3.05, 3.63) is 45.1 Å². The van der Waals surface area contributed by atoms with Gasteiger partial charge >= 0.3 is 0 Å². The molecule has 0 spiro atoms. The predicted octanol–water partition coefficient (Wildman–Crippen LogP) is 4.25. The Balaban J connectivity index is 1.82. The van der Waals surface area contributed by atoms with Gasteiger partial charge in [-0.3, -0.25) is 0 Å². The summed E-state index contributed by atoms with van der Waals surface area (Å²) in [7, 11) is 1.64. The fraction of sp³-hybridized carbons (Fsp3) is 0.333. The Bertz CT molecular complexity index is 531. The molecule has 2 aromatic rings. The zero-order valence-corrected chi connectivity index (χ0v) is 14.0. The maximum atomic E-state index is 5.80. The number of ether oxygens (including phenoxy) is 2. The lowest BCUT2D eigenvalue weighted by molar-refractivity contribution is 0.286. The Morgan fingerprint density at radius 3 is 2.85 bits per heavy atom. The van der Waals surface area contributed by atoms with Crippen molar-refractivity contribution in [1.82, 2.24) is 5.32 Å². The van der Waals surface area contributed by atoms with Crippen molar-refractivity contribution in [3.63, 3.8) is 0 Å². The van der Waals surface area contributed by atoms with Crippen LogP contribution in [0.4, 0.5) is 0 Å². The second kappa shape index (κ2) is 7.67. The Kier molecular flexibility index (Phi) is 5.88. The Morgan fingerprint density at radius 2 is 2.15 bits per heavy atom. The third-order valence-corrected chi connectivity index (χ3v) is 4.60. The standard InChI is InChI=1S/C15H18BrNO2S/c1-11(14-7-4-10-20-14)17-8-9-19-15-12(16)5-3-6-13(15)18-2/h3-7,10-11,17H,8-9H2,1-2H3. The molecule has 0 bridgehead atoms. The quantitative estimate of drug-likeness (QED) is 0.753. The molecule has 1 unspecified atom stereocenters. The summed E-state index contributed by atoms with van der Waals surface area (Å²) >= 11 is 5.24. The number of thiophene rings is 1. The van der Waals surface area contributed by atoms with Gasteiger partial charge in [0.2, 0.25) is 0 Å². The lowest BCUT2D eigenvalue weighted by Gasteiger charge is -2.15. The predicted molar refractivity (Wildman–Crippen MR) is 86.9 cm³/mol. The van der Waals surface area contributed by atoms with Crippen LogP contribution in [-0.2, 0) is 0 Å². The van der Waals surface area contributed by atoms with E-state index in [4.69, 9.17) is 9.47 Å². The molecule has 0 amide bonds. The molecule has 0 saturated heterocycles. The van der Waals surface area contributed by atoms with Gasteiger partial charge in [0.25, 0.3) is 0 Å². The third kappa shape index (κ3) is 3.98. The van der Waals surface area contributed by atoms with E-state index in [9.17, 15) is 0 Å². The summed E-state index contributed by atoms with van der Waals surface area (Å²) in [5.74, 6) is 1.49. The van der Waals surface area contributed by atoms with Crippen LogP contribution in [0.2, 0.25) is 0 Å². The van der Waals surface area contributed by atoms with Crippen molar-refractivity contribution in [3.8, 4) is 11.5 Å². The number of halogens is 1. The molecule has 1 N–H and O–H groups in total. The molecule has 20 heavy (non-hydrogen) atoms. The lowest BCUT2D eigenvalue weighted by Crippen LogP contribution is -2.23. The zero-order valence-electron chi connectivity index (χ0n) is 11.6. The van der Waals surface area contributed by atoms with Crippen LogP contribution in [0.5, 0.6) is 11.5 Å². The van der Waals surface area contributed by atoms with Gasteiger partial charge in [0.15, 0.2) is 11.5 Å². The van der Waals surface area contributed by atoms with Gasteiger partial charge in [-0.25, -0.2) is 0 Å². The minimum Gasteiger partial charge on any atom is -0.493 e. The highest BCUT2D eigenvalue weighted by Crippen LogP contribution is 2.34. The van der Waals surface area contributed by atoms with Crippen molar-refractivity contribution in [2.24, 2.45) is 0 Å². The molecular formula is C15H18BrNO2S. The second-order valence-corrected chi connectivity index (χ2v) is 6.14. The van der Waals surface area contributed by atoms with E-state index >= 15 is 0 Å². The molecule has 1 heterocycles. The molecular weight excluding hydrogens is 338 g/mol. The number of hydrogen-bond acceptors (Lipinski definition) is 4. The summed E-state index contributed by atoms with van der Waals surface area (Å²) in [6, 6.07) is 10.3. The van der Waals surface area contributed by atoms with E-state index < -0.39 is 0 Å². The monoisotopic (exact) mass is 355 g/mol. The van der Waals surface area contributed by atoms with Gasteiger partial charge in [-0.15, -0.1) is 11.3 Å². The van der Waals surface area contributed by atoms with Crippen molar-refractivity contribution in [1.29, 1.82) is 0 Å². The topological polar surface area (TPSA) is 30.5 Å². The van der Waals surface area contributed by atoms with Gasteiger partial charge in [-0.05, 0) is 46.4 Å². The van der Waals surface area contributed by atoms with Crippen molar-refractivity contribution >= 4 is 27.3 Å². The Labute approximate surface area is 132 Å². The van der Waals surface area contributed by atoms with Crippen LogP contribution in [-0.4, -0.2) is 20.3 Å². The molecule has 5 heteroatoms. The van der Waals surface area contributed by atoms with Crippen LogP contribution in [0.3, 0.4) is 0 Å². The van der Waals surface area contributed by atoms with Gasteiger partial charge in [-0.1, -0.05) is 12.1 Å². The molecule has 0 aliphatic heterocycles. The number of methoxy groups -OCH3 is 1. The van der Waals surface area contributed by atoms with Crippen molar-refractivity contribution < 1.29 is 9.47 Å². The minimum atomic E-state index is 0.347. The van der Waals surface area contributed by atoms with E-state index in [-0.39, 0.29) is 0 Å². The van der Waals surface area contributed by atoms with E-state index in [1.54, 1.807) is 18.4 Å². The molecule has 1 aromatic carbocycles. The van der Waals surface area contributed by atoms with E-state index in [2.05, 4.69) is 45.7 Å². The average Bonchev–Trinajstić information content (AvgIpc) is 2.98. The maximum absolute atomic E-state index is 5.80. The number of nitrogens with one attached hydrogen (secondary N) is 1. The van der Waals surface area contributed by atoms with Crippen LogP contribution >= 0.6 is 27.3 Å². The summed E-state index contributed by atoms with van der Waals surface area (Å²) in [4.78, 5) is 1.34. The summed E-state index contributed by atoms with van der Waals surface area (Å²) in [6.45, 7) is 3.53. The maximum Gasteiger partial charge on any atom is 0.175 e. The summed E-state index contributed by atoms with van der Waals surface area (Å²) in [5, 5.41) is 5.53. The molecule has 0 saturated carbocycles. The summed E-state index contributed by atoms with van der Waals surface area (Å²) in [6.07, 6.45) is 0. The third-order valence-electron chi connectivity index (χ3n) is 2.92. The van der Waals surface area contributed by atoms with E-state index in [0.717, 1.165) is 22.5 Å². The van der Waals surface area contributed by atoms with Crippen LogP contribution in [0.1, 0.15) is 17.8 Å². The van der Waals surface area contributed by atoms with Crippen LogP contribution in [0, 0.1) is 0 Å². The van der Waals surface area contributed by atoms with Gasteiger partial charge in [0.1, 0.15) is 6.61 Å². The number of hydrogen-bond donors (Lipinski definition) is 1. The average molecular weight is 356 g/mol. The van der Waals surface area contributed by atoms with E-state index in [1.807, 2.05) is 18.2 Å². The molecule has 108 valence electrons. The van der Waals surface area contributed by atoms with Crippen LogP contribution in [0.25, 0.3) is 0 Å². The van der Waals surface area contributed by atoms with Gasteiger partial charge in [-0.2, -0.15) is 0 Å². The van der Waals surface area contributed by atoms with Gasteiger partial charge < -0.3 is 14.8 Å². The summed E-state index contributed by atoms with van der Waals surface area (Å²) in [5.41, 5.74) is 0. The largest absolute Gasteiger partial charge is 0.493 e. The lowest BCUT2D eigenvalue weighted by atomic mass is 10.3. The van der Waals surface area contributed by atoms with Crippen LogP contribution < -0.4 is 14.8 Å². The Morgan fingerprint density at radius 1 is 1.30 bits per heavy atom. The highest BCUT2D eigenvalue weighted by atomic mass is 79.9. The van der Waals surface area contributed by atoms with E-state index in [1.165, 1.54) is 4.88 Å². The molecule has 0 radical (unpaired) electrons. The van der Waals surface area contributed by atoms with Gasteiger partial charge in [0.05, 0.1) is 11.6 Å². The Hall–Kier alpha value is -1.04. The SMILES string of the molecule is COc1cccc(Br)c1OCCNC(C)c1cccs1. The van der Waals surface area contributed by atoms with Crippen molar-refractivity contribution in [2.45, 2.75) is 13.0 Å². The molecule has 0 aliphatic carbocycles. The fourth-order valence-corrected chi connectivity index (χ4v) is 3.08. The van der Waals surface area contributed by atoms with Crippen molar-refractivity contribution in [2.75, 3.05) is 20.3 Å². The minimum absolute atomic E-state index is 0.347. The number of benzene rings is 1. The first-order valence-corrected chi connectivity index (χ1v) is 8.11. The highest BCUT2D eigenvalue weighted by Gasteiger charge is 2.09. The summed E-state index contributed by atoms with van der Waals surface area (Å²) < 4.78 is 12.0. The normalized spacial score (nSPS) is 12.2. The number of rotatable bonds is 7. The first kappa shape index (κ1) is 15.4. The first-order valence-electron chi connectivity index (χ1n) is 6.44. The molecule has 0 aliphatic rings. The fourth-order valence-electron chi connectivity index (χ4n) is 1.86. The highest BCUT2D eigenvalue weighted by molar-refractivity contribution is 9.10. The van der Waals surface area contributed by atoms with Gasteiger partial charge in [0, 0.05) is 17.5 Å². The number of para-hydroxylation sites is 1. The second-order valence-electron chi connectivity index (χ2n) is 4.31. The zero-order chi connectivity index (χ0) is 14.4. The molecule has 3 nitrogen and oxygen atoms in total. The molecule has 0 fully saturated rings. The molecule has 1 aromatic heterocycles. The molecule has 1 atom stereocenters. The molecule has 2 rings (SSSR count). The van der Waals surface area contributed by atoms with E-state index in [0.29, 0.717) is 12.6 Å². The van der Waals surface area contributed by atoms with Crippen LogP contribution in [0.15, 0.2) is 40.2 Å².